The van der Waals surface area contributed by atoms with Crippen LogP contribution in [0.25, 0.3) is 33.7 Å². The van der Waals surface area contributed by atoms with Crippen LogP contribution in [0.2, 0.25) is 0 Å². The molecule has 0 radical (unpaired) electrons. The first kappa shape index (κ1) is 22.0. The molecule has 0 aliphatic carbocycles. The quantitative estimate of drug-likeness (QED) is 0.384. The number of fused-ring (bicyclic) bond motifs is 1. The number of hydrogen-bond acceptors (Lipinski definition) is 7. The molecule has 0 spiro atoms. The maximum absolute atomic E-state index is 13.6. The number of benzene rings is 1. The molecule has 1 unspecified atom stereocenters. The number of nitrogens with two attached hydrogens (primary N) is 1. The molecule has 0 fully saturated rings. The van der Waals surface area contributed by atoms with Gasteiger partial charge in [-0.15, -0.1) is 0 Å². The van der Waals surface area contributed by atoms with Crippen molar-refractivity contribution in [2.45, 2.75) is 20.0 Å². The van der Waals surface area contributed by atoms with Gasteiger partial charge in [0.15, 0.2) is 5.65 Å². The Morgan fingerprint density at radius 2 is 1.91 bits per heavy atom. The Morgan fingerprint density at radius 1 is 1.09 bits per heavy atom. The number of nitrogens with zero attached hydrogens (tertiary/aromatic N) is 6. The molecule has 33 heavy (non-hydrogen) atoms. The van der Waals surface area contributed by atoms with Gasteiger partial charge in [0.05, 0.1) is 29.5 Å². The van der Waals surface area contributed by atoms with Crippen molar-refractivity contribution in [3.8, 4) is 22.5 Å². The highest BCUT2D eigenvalue weighted by Crippen LogP contribution is 2.30. The molecule has 5 rings (SSSR count). The maximum atomic E-state index is 13.6. The fourth-order valence-corrected chi connectivity index (χ4v) is 3.39. The summed E-state index contributed by atoms with van der Waals surface area (Å²) in [6.45, 7) is 4.00. The number of hydrogen-bond donors (Lipinski definition) is 3. The average molecular weight is 446 g/mol. The van der Waals surface area contributed by atoms with Crippen LogP contribution in [0.15, 0.2) is 55.1 Å². The van der Waals surface area contributed by atoms with Crippen molar-refractivity contribution in [3.05, 3.63) is 72.2 Å². The van der Waals surface area contributed by atoms with Crippen LogP contribution < -0.4 is 5.73 Å². The SMILES string of the molecule is CC.Cn1cc(-c2cnc3[nH]cc(-c4cc(C(O)c5cccc(F)c5)nc(N)n4)c3n2)cn1. The summed E-state index contributed by atoms with van der Waals surface area (Å²) in [5.41, 5.74) is 10.3. The number of nitrogens with one attached hydrogen (secondary N) is 1. The molecule has 1 aromatic carbocycles. The normalized spacial score (nSPS) is 11.8. The number of nitrogen functional groups attached to an aromatic ring is 1. The van der Waals surface area contributed by atoms with Gasteiger partial charge in [0.25, 0.3) is 0 Å². The molecule has 168 valence electrons. The number of aryl methyl sites for hydroxylation is 1. The monoisotopic (exact) mass is 446 g/mol. The second-order valence-corrected chi connectivity index (χ2v) is 7.05. The number of aromatic nitrogens is 7. The molecule has 5 aromatic rings. The molecular weight excluding hydrogens is 423 g/mol. The predicted octanol–water partition coefficient (Wildman–Crippen LogP) is 3.64. The fourth-order valence-electron chi connectivity index (χ4n) is 3.39. The van der Waals surface area contributed by atoms with Gasteiger partial charge in [-0.2, -0.15) is 5.10 Å². The highest BCUT2D eigenvalue weighted by Gasteiger charge is 2.18. The van der Waals surface area contributed by atoms with Crippen LogP contribution in [0.1, 0.15) is 31.2 Å². The summed E-state index contributed by atoms with van der Waals surface area (Å²) in [6.07, 6.45) is 5.77. The molecule has 0 aliphatic heterocycles. The maximum Gasteiger partial charge on any atom is 0.220 e. The van der Waals surface area contributed by atoms with E-state index in [1.807, 2.05) is 27.1 Å². The Hall–Kier alpha value is -4.18. The van der Waals surface area contributed by atoms with Crippen molar-refractivity contribution in [2.75, 3.05) is 5.73 Å². The van der Waals surface area contributed by atoms with Crippen LogP contribution >= 0.6 is 0 Å². The van der Waals surface area contributed by atoms with Crippen molar-refractivity contribution >= 4 is 17.1 Å². The van der Waals surface area contributed by atoms with Crippen molar-refractivity contribution in [3.63, 3.8) is 0 Å². The minimum Gasteiger partial charge on any atom is -0.382 e. The number of rotatable bonds is 4. The van der Waals surface area contributed by atoms with E-state index < -0.39 is 11.9 Å². The molecule has 0 saturated heterocycles. The van der Waals surface area contributed by atoms with E-state index in [2.05, 4.69) is 25.0 Å². The lowest BCUT2D eigenvalue weighted by atomic mass is 10.0. The van der Waals surface area contributed by atoms with Gasteiger partial charge in [-0.3, -0.25) is 4.68 Å². The average Bonchev–Trinajstić information content (AvgIpc) is 3.45. The molecule has 4 aromatic heterocycles. The summed E-state index contributed by atoms with van der Waals surface area (Å²) in [7, 11) is 1.83. The largest absolute Gasteiger partial charge is 0.382 e. The second kappa shape index (κ2) is 9.13. The first-order valence-electron chi connectivity index (χ1n) is 10.4. The number of aliphatic hydroxyl groups is 1. The van der Waals surface area contributed by atoms with Crippen molar-refractivity contribution in [1.82, 2.24) is 34.7 Å². The van der Waals surface area contributed by atoms with Gasteiger partial charge in [0.1, 0.15) is 17.4 Å². The number of anilines is 1. The van der Waals surface area contributed by atoms with Gasteiger partial charge in [-0.05, 0) is 23.8 Å². The number of H-pyrrole nitrogens is 1. The zero-order chi connectivity index (χ0) is 23.5. The summed E-state index contributed by atoms with van der Waals surface area (Å²) in [6, 6.07) is 7.30. The lowest BCUT2D eigenvalue weighted by Gasteiger charge is -2.12. The van der Waals surface area contributed by atoms with E-state index in [1.165, 1.54) is 18.2 Å². The highest BCUT2D eigenvalue weighted by atomic mass is 19.1. The van der Waals surface area contributed by atoms with Gasteiger partial charge in [-0.25, -0.2) is 24.3 Å². The lowest BCUT2D eigenvalue weighted by molar-refractivity contribution is 0.215. The van der Waals surface area contributed by atoms with E-state index >= 15 is 0 Å². The molecule has 0 aliphatic rings. The third kappa shape index (κ3) is 4.41. The molecule has 10 heteroatoms. The van der Waals surface area contributed by atoms with E-state index in [0.29, 0.717) is 33.7 Å². The van der Waals surface area contributed by atoms with Gasteiger partial charge in [0.2, 0.25) is 5.95 Å². The van der Waals surface area contributed by atoms with Crippen molar-refractivity contribution < 1.29 is 9.50 Å². The Kier molecular flexibility index (Phi) is 6.09. The Bertz CT molecular complexity index is 1410. The third-order valence-electron chi connectivity index (χ3n) is 4.87. The topological polar surface area (TPSA) is 131 Å². The van der Waals surface area contributed by atoms with Gasteiger partial charge < -0.3 is 15.8 Å². The van der Waals surface area contributed by atoms with Crippen molar-refractivity contribution in [2.24, 2.45) is 7.05 Å². The zero-order valence-corrected chi connectivity index (χ0v) is 18.4. The predicted molar refractivity (Wildman–Crippen MR) is 123 cm³/mol. The van der Waals surface area contributed by atoms with E-state index in [4.69, 9.17) is 10.7 Å². The first-order chi connectivity index (χ1) is 16.0. The smallest absolute Gasteiger partial charge is 0.220 e. The molecule has 4 heterocycles. The van der Waals surface area contributed by atoms with Crippen LogP contribution in [0, 0.1) is 5.82 Å². The molecule has 0 bridgehead atoms. The molecule has 0 amide bonds. The van der Waals surface area contributed by atoms with Crippen LogP contribution in [-0.4, -0.2) is 39.8 Å². The summed E-state index contributed by atoms with van der Waals surface area (Å²) in [5.74, 6) is -0.470. The summed E-state index contributed by atoms with van der Waals surface area (Å²) >= 11 is 0. The third-order valence-corrected chi connectivity index (χ3v) is 4.87. The molecule has 4 N–H and O–H groups in total. The van der Waals surface area contributed by atoms with Crippen molar-refractivity contribution in [1.29, 1.82) is 0 Å². The van der Waals surface area contributed by atoms with Crippen LogP contribution in [-0.2, 0) is 7.05 Å². The number of aliphatic hydroxyl groups excluding tert-OH is 1. The molecule has 9 nitrogen and oxygen atoms in total. The Morgan fingerprint density at radius 3 is 2.64 bits per heavy atom. The highest BCUT2D eigenvalue weighted by molar-refractivity contribution is 5.90. The standard InChI is InChI=1S/C21H17FN8O.C2H6/c1-30-10-12(7-26-30)17-9-25-20-18(27-17)14(8-24-20)15-6-16(29-21(23)28-15)19(31)11-3-2-4-13(22)5-11;1-2/h2-10,19,31H,1H3,(H,24,25)(H2,23,28,29);1-2H3. The summed E-state index contributed by atoms with van der Waals surface area (Å²) in [4.78, 5) is 20.6. The van der Waals surface area contributed by atoms with Crippen LogP contribution in [0.4, 0.5) is 10.3 Å². The van der Waals surface area contributed by atoms with Crippen LogP contribution in [0.3, 0.4) is 0 Å². The van der Waals surface area contributed by atoms with Crippen LogP contribution in [0.5, 0.6) is 0 Å². The zero-order valence-electron chi connectivity index (χ0n) is 18.4. The lowest BCUT2D eigenvalue weighted by Crippen LogP contribution is -2.07. The van der Waals surface area contributed by atoms with Gasteiger partial charge >= 0.3 is 0 Å². The Labute approximate surface area is 189 Å². The summed E-state index contributed by atoms with van der Waals surface area (Å²) in [5, 5.41) is 14.9. The minimum absolute atomic E-state index is 0.0197. The minimum atomic E-state index is -1.16. The van der Waals surface area contributed by atoms with E-state index in [9.17, 15) is 9.50 Å². The summed E-state index contributed by atoms with van der Waals surface area (Å²) < 4.78 is 15.3. The van der Waals surface area contributed by atoms with Gasteiger partial charge in [-0.1, -0.05) is 26.0 Å². The number of aromatic amines is 1. The second-order valence-electron chi connectivity index (χ2n) is 7.05. The van der Waals surface area contributed by atoms with Gasteiger partial charge in [0, 0.05) is 30.6 Å². The first-order valence-corrected chi connectivity index (χ1v) is 10.4. The fraction of sp³-hybridized carbons (Fsp3) is 0.174. The Balaban J connectivity index is 0.00000126. The molecule has 1 atom stereocenters. The van der Waals surface area contributed by atoms with E-state index in [0.717, 1.165) is 5.56 Å². The molecular formula is C23H23FN8O. The number of halogens is 1. The van der Waals surface area contributed by atoms with E-state index in [-0.39, 0.29) is 11.6 Å². The molecule has 0 saturated carbocycles. The van der Waals surface area contributed by atoms with E-state index in [1.54, 1.807) is 35.4 Å².